The highest BCUT2D eigenvalue weighted by Crippen LogP contribution is 2.27. The number of nitrogens with zero attached hydrogens (tertiary/aromatic N) is 3. The molecule has 0 saturated carbocycles. The van der Waals surface area contributed by atoms with Gasteiger partial charge in [-0.3, -0.25) is 14.5 Å². The zero-order valence-electron chi connectivity index (χ0n) is 18.8. The third kappa shape index (κ3) is 5.00. The Morgan fingerprint density at radius 3 is 2.61 bits per heavy atom. The van der Waals surface area contributed by atoms with Crippen molar-refractivity contribution in [2.75, 3.05) is 46.5 Å². The Bertz CT molecular complexity index is 1220. The van der Waals surface area contributed by atoms with Gasteiger partial charge in [0.1, 0.15) is 27.9 Å². The molecule has 0 atom stereocenters. The van der Waals surface area contributed by atoms with Gasteiger partial charge in [-0.25, -0.2) is 9.78 Å². The van der Waals surface area contributed by atoms with Crippen LogP contribution in [0.15, 0.2) is 21.3 Å². The largest absolute Gasteiger partial charge is 0.459 e. The zero-order chi connectivity index (χ0) is 23.5. The first kappa shape index (κ1) is 23.1. The summed E-state index contributed by atoms with van der Waals surface area (Å²) in [7, 11) is 1.53. The van der Waals surface area contributed by atoms with Crippen LogP contribution in [0.25, 0.3) is 10.2 Å². The van der Waals surface area contributed by atoms with E-state index in [4.69, 9.17) is 13.9 Å². The Hall–Kier alpha value is -3.02. The van der Waals surface area contributed by atoms with E-state index in [0.29, 0.717) is 77.3 Å². The van der Waals surface area contributed by atoms with E-state index in [1.165, 1.54) is 7.11 Å². The SMILES string of the molecule is COCCOC(=O)c1sc2nc(CN3CCN(C(=O)c4ccc(C)o4)CC3)[nH]c(=O)c2c1C. The van der Waals surface area contributed by atoms with Crippen molar-refractivity contribution in [2.24, 2.45) is 0 Å². The molecule has 3 aromatic rings. The van der Waals surface area contributed by atoms with Gasteiger partial charge in [0.05, 0.1) is 18.5 Å². The molecule has 3 aromatic heterocycles. The number of nitrogens with one attached hydrogen (secondary N) is 1. The number of furan rings is 1. The minimum Gasteiger partial charge on any atom is -0.459 e. The number of carbonyl (C=O) groups excluding carboxylic acids is 2. The number of aryl methyl sites for hydroxylation is 2. The first-order chi connectivity index (χ1) is 15.9. The van der Waals surface area contributed by atoms with Crippen molar-refractivity contribution < 1.29 is 23.5 Å². The van der Waals surface area contributed by atoms with E-state index in [1.807, 2.05) is 6.92 Å². The lowest BCUT2D eigenvalue weighted by Crippen LogP contribution is -2.48. The molecule has 4 heterocycles. The monoisotopic (exact) mass is 474 g/mol. The summed E-state index contributed by atoms with van der Waals surface area (Å²) >= 11 is 1.16. The third-order valence-corrected chi connectivity index (χ3v) is 6.71. The molecule has 10 nitrogen and oxygen atoms in total. The molecule has 1 aliphatic heterocycles. The molecule has 1 saturated heterocycles. The first-order valence-corrected chi connectivity index (χ1v) is 11.5. The van der Waals surface area contributed by atoms with Crippen LogP contribution in [-0.2, 0) is 16.0 Å². The second-order valence-electron chi connectivity index (χ2n) is 7.86. The summed E-state index contributed by atoms with van der Waals surface area (Å²) in [5, 5.41) is 0.409. The molecule has 0 unspecified atom stereocenters. The molecular weight excluding hydrogens is 448 g/mol. The smallest absolute Gasteiger partial charge is 0.348 e. The summed E-state index contributed by atoms with van der Waals surface area (Å²) in [4.78, 5) is 49.8. The maximum atomic E-state index is 12.7. The van der Waals surface area contributed by atoms with E-state index in [9.17, 15) is 14.4 Å². The molecule has 176 valence electrons. The van der Waals surface area contributed by atoms with Crippen molar-refractivity contribution in [2.45, 2.75) is 20.4 Å². The van der Waals surface area contributed by atoms with Crippen LogP contribution in [0.2, 0.25) is 0 Å². The molecule has 0 radical (unpaired) electrons. The van der Waals surface area contributed by atoms with Gasteiger partial charge in [0, 0.05) is 33.3 Å². The Kier molecular flexibility index (Phi) is 6.91. The predicted octanol–water partition coefficient (Wildman–Crippen LogP) is 1.96. The van der Waals surface area contributed by atoms with Gasteiger partial charge < -0.3 is 23.8 Å². The lowest BCUT2D eigenvalue weighted by molar-refractivity contribution is 0.0392. The third-order valence-electron chi connectivity index (χ3n) is 5.54. The Balaban J connectivity index is 1.42. The van der Waals surface area contributed by atoms with Crippen molar-refractivity contribution in [1.29, 1.82) is 0 Å². The van der Waals surface area contributed by atoms with E-state index < -0.39 is 5.97 Å². The summed E-state index contributed by atoms with van der Waals surface area (Å²) in [5.41, 5.74) is 0.291. The number of rotatable bonds is 7. The van der Waals surface area contributed by atoms with Crippen LogP contribution in [0.4, 0.5) is 0 Å². The summed E-state index contributed by atoms with van der Waals surface area (Å²) in [6, 6.07) is 3.47. The Morgan fingerprint density at radius 1 is 1.18 bits per heavy atom. The fourth-order valence-electron chi connectivity index (χ4n) is 3.77. The standard InChI is InChI=1S/C22H26N4O6S/c1-13-4-5-15(32-13)21(28)26-8-6-25(7-9-26)12-16-23-19(27)17-14(2)18(33-20(17)24-16)22(29)31-11-10-30-3/h4-5H,6-12H2,1-3H3,(H,23,24,27). The van der Waals surface area contributed by atoms with E-state index in [1.54, 1.807) is 24.0 Å². The molecule has 1 N–H and O–H groups in total. The van der Waals surface area contributed by atoms with E-state index in [0.717, 1.165) is 11.3 Å². The van der Waals surface area contributed by atoms with Gasteiger partial charge in [0.2, 0.25) is 0 Å². The van der Waals surface area contributed by atoms with Crippen LogP contribution in [0.1, 0.15) is 37.4 Å². The van der Waals surface area contributed by atoms with Crippen molar-refractivity contribution in [3.05, 3.63) is 50.3 Å². The number of ether oxygens (including phenoxy) is 2. The maximum Gasteiger partial charge on any atom is 0.348 e. The second-order valence-corrected chi connectivity index (χ2v) is 8.86. The number of aromatic amines is 1. The number of fused-ring (bicyclic) bond motifs is 1. The average Bonchev–Trinajstić information content (AvgIpc) is 3.37. The molecule has 1 amide bonds. The quantitative estimate of drug-likeness (QED) is 0.408. The van der Waals surface area contributed by atoms with Gasteiger partial charge in [-0.15, -0.1) is 11.3 Å². The molecule has 33 heavy (non-hydrogen) atoms. The number of aromatic nitrogens is 2. The molecule has 0 aliphatic carbocycles. The van der Waals surface area contributed by atoms with Crippen LogP contribution in [0, 0.1) is 13.8 Å². The highest BCUT2D eigenvalue weighted by Gasteiger charge is 2.25. The number of thiophene rings is 1. The number of H-pyrrole nitrogens is 1. The highest BCUT2D eigenvalue weighted by atomic mass is 32.1. The molecule has 1 fully saturated rings. The predicted molar refractivity (Wildman–Crippen MR) is 122 cm³/mol. The lowest BCUT2D eigenvalue weighted by atomic mass is 10.2. The van der Waals surface area contributed by atoms with Crippen LogP contribution in [0.3, 0.4) is 0 Å². The molecule has 0 spiro atoms. The molecule has 4 rings (SSSR count). The van der Waals surface area contributed by atoms with Gasteiger partial charge in [-0.1, -0.05) is 0 Å². The molecular formula is C22H26N4O6S. The summed E-state index contributed by atoms with van der Waals surface area (Å²) in [6.07, 6.45) is 0. The first-order valence-electron chi connectivity index (χ1n) is 10.6. The Morgan fingerprint density at radius 2 is 1.94 bits per heavy atom. The maximum absolute atomic E-state index is 12.7. The average molecular weight is 475 g/mol. The van der Waals surface area contributed by atoms with Gasteiger partial charge in [-0.2, -0.15) is 0 Å². The van der Waals surface area contributed by atoms with Crippen LogP contribution >= 0.6 is 11.3 Å². The molecule has 0 aromatic carbocycles. The Labute approximate surface area is 194 Å². The lowest BCUT2D eigenvalue weighted by Gasteiger charge is -2.33. The number of esters is 1. The number of hydrogen-bond acceptors (Lipinski definition) is 9. The van der Waals surface area contributed by atoms with E-state index in [2.05, 4.69) is 14.9 Å². The zero-order valence-corrected chi connectivity index (χ0v) is 19.6. The van der Waals surface area contributed by atoms with E-state index in [-0.39, 0.29) is 18.1 Å². The van der Waals surface area contributed by atoms with Crippen molar-refractivity contribution in [1.82, 2.24) is 19.8 Å². The van der Waals surface area contributed by atoms with Crippen LogP contribution in [0.5, 0.6) is 0 Å². The normalized spacial score (nSPS) is 14.7. The second kappa shape index (κ2) is 9.86. The van der Waals surface area contributed by atoms with Gasteiger partial charge in [0.15, 0.2) is 5.76 Å². The number of hydrogen-bond donors (Lipinski definition) is 1. The van der Waals surface area contributed by atoms with Crippen LogP contribution < -0.4 is 5.56 Å². The number of amides is 1. The number of piperazine rings is 1. The van der Waals surface area contributed by atoms with Gasteiger partial charge in [0.25, 0.3) is 11.5 Å². The summed E-state index contributed by atoms with van der Waals surface area (Å²) in [6.45, 7) is 6.83. The number of carbonyl (C=O) groups is 2. The minimum absolute atomic E-state index is 0.116. The molecule has 0 bridgehead atoms. The van der Waals surface area contributed by atoms with Crippen molar-refractivity contribution >= 4 is 33.4 Å². The molecule has 11 heteroatoms. The summed E-state index contributed by atoms with van der Waals surface area (Å²) in [5.74, 6) is 0.977. The van der Waals surface area contributed by atoms with Gasteiger partial charge in [-0.05, 0) is 31.5 Å². The van der Waals surface area contributed by atoms with Gasteiger partial charge >= 0.3 is 5.97 Å². The van der Waals surface area contributed by atoms with E-state index >= 15 is 0 Å². The van der Waals surface area contributed by atoms with Crippen molar-refractivity contribution in [3.8, 4) is 0 Å². The summed E-state index contributed by atoms with van der Waals surface area (Å²) < 4.78 is 15.5. The fourth-order valence-corrected chi connectivity index (χ4v) is 4.86. The fraction of sp³-hybridized carbons (Fsp3) is 0.455. The highest BCUT2D eigenvalue weighted by molar-refractivity contribution is 7.20. The number of methoxy groups -OCH3 is 1. The minimum atomic E-state index is -0.485. The van der Waals surface area contributed by atoms with Crippen molar-refractivity contribution in [3.63, 3.8) is 0 Å². The van der Waals surface area contributed by atoms with Crippen LogP contribution in [-0.4, -0.2) is 78.1 Å². The topological polar surface area (TPSA) is 118 Å². The molecule has 1 aliphatic rings.